The van der Waals surface area contributed by atoms with E-state index in [-0.39, 0.29) is 22.8 Å². The van der Waals surface area contributed by atoms with Crippen LogP contribution in [0, 0.1) is 13.8 Å². The molecule has 1 N–H and O–H groups in total. The highest BCUT2D eigenvalue weighted by molar-refractivity contribution is 8.00. The molecule has 0 unspecified atom stereocenters. The van der Waals surface area contributed by atoms with Gasteiger partial charge in [-0.05, 0) is 63.9 Å². The molecule has 5 nitrogen and oxygen atoms in total. The standard InChI is InChI=1S/C22H25N3O2S/c1-13(2)23-20(26)16(5)28-22-24-18-9-7-6-8-17(18)21(27)25(22)19-12-14(3)10-11-15(19)4/h6-13,16H,1-5H3,(H,23,26)/t16-/m0/s1. The van der Waals surface area contributed by atoms with Gasteiger partial charge in [0, 0.05) is 6.04 Å². The van der Waals surface area contributed by atoms with Crippen molar-refractivity contribution in [2.45, 2.75) is 51.1 Å². The minimum Gasteiger partial charge on any atom is -0.353 e. The molecule has 0 saturated carbocycles. The molecule has 146 valence electrons. The molecule has 28 heavy (non-hydrogen) atoms. The lowest BCUT2D eigenvalue weighted by Gasteiger charge is -2.18. The number of benzene rings is 2. The maximum Gasteiger partial charge on any atom is 0.266 e. The van der Waals surface area contributed by atoms with Crippen LogP contribution < -0.4 is 10.9 Å². The zero-order valence-corrected chi connectivity index (χ0v) is 17.6. The fourth-order valence-corrected chi connectivity index (χ4v) is 3.91. The first-order valence-corrected chi connectivity index (χ1v) is 10.2. The van der Waals surface area contributed by atoms with Gasteiger partial charge in [-0.15, -0.1) is 0 Å². The van der Waals surface area contributed by atoms with Gasteiger partial charge in [-0.3, -0.25) is 14.2 Å². The van der Waals surface area contributed by atoms with Gasteiger partial charge in [-0.25, -0.2) is 4.98 Å². The number of nitrogens with zero attached hydrogens (tertiary/aromatic N) is 2. The van der Waals surface area contributed by atoms with Crippen molar-refractivity contribution in [1.29, 1.82) is 0 Å². The summed E-state index contributed by atoms with van der Waals surface area (Å²) in [5.74, 6) is -0.0741. The lowest BCUT2D eigenvalue weighted by molar-refractivity contribution is -0.120. The second-order valence-corrected chi connectivity index (χ2v) is 8.57. The second kappa shape index (κ2) is 8.19. The smallest absolute Gasteiger partial charge is 0.266 e. The van der Waals surface area contributed by atoms with Gasteiger partial charge >= 0.3 is 0 Å². The molecule has 3 rings (SSSR count). The number of fused-ring (bicyclic) bond motifs is 1. The van der Waals surface area contributed by atoms with Crippen LogP contribution in [-0.2, 0) is 4.79 Å². The van der Waals surface area contributed by atoms with Crippen LogP contribution in [0.1, 0.15) is 31.9 Å². The van der Waals surface area contributed by atoms with E-state index in [2.05, 4.69) is 5.32 Å². The number of carbonyl (C=O) groups excluding carboxylic acids is 1. The van der Waals surface area contributed by atoms with E-state index < -0.39 is 0 Å². The van der Waals surface area contributed by atoms with Crippen LogP contribution in [0.5, 0.6) is 0 Å². The maximum atomic E-state index is 13.4. The summed E-state index contributed by atoms with van der Waals surface area (Å²) in [5, 5.41) is 3.62. The summed E-state index contributed by atoms with van der Waals surface area (Å²) < 4.78 is 1.63. The van der Waals surface area contributed by atoms with Crippen molar-refractivity contribution in [2.75, 3.05) is 0 Å². The Morgan fingerprint density at radius 2 is 1.82 bits per heavy atom. The van der Waals surface area contributed by atoms with E-state index in [0.29, 0.717) is 16.1 Å². The van der Waals surface area contributed by atoms with E-state index >= 15 is 0 Å². The van der Waals surface area contributed by atoms with Crippen LogP contribution in [0.4, 0.5) is 0 Å². The normalized spacial score (nSPS) is 12.4. The summed E-state index contributed by atoms with van der Waals surface area (Å²) in [6.07, 6.45) is 0. The van der Waals surface area contributed by atoms with Crippen LogP contribution in [0.15, 0.2) is 52.4 Å². The molecule has 0 aliphatic rings. The van der Waals surface area contributed by atoms with Gasteiger partial charge < -0.3 is 5.32 Å². The Balaban J connectivity index is 2.19. The average molecular weight is 396 g/mol. The van der Waals surface area contributed by atoms with Crippen molar-refractivity contribution in [3.8, 4) is 5.69 Å². The molecular formula is C22H25N3O2S. The Hall–Kier alpha value is -2.60. The maximum absolute atomic E-state index is 13.4. The molecule has 0 bridgehead atoms. The van der Waals surface area contributed by atoms with Crippen molar-refractivity contribution in [1.82, 2.24) is 14.9 Å². The summed E-state index contributed by atoms with van der Waals surface area (Å²) >= 11 is 1.30. The number of aromatic nitrogens is 2. The average Bonchev–Trinajstić information content (AvgIpc) is 2.64. The fourth-order valence-electron chi connectivity index (χ4n) is 2.98. The number of amides is 1. The van der Waals surface area contributed by atoms with Gasteiger partial charge in [0.25, 0.3) is 5.56 Å². The van der Waals surface area contributed by atoms with Crippen molar-refractivity contribution < 1.29 is 4.79 Å². The molecule has 0 aliphatic heterocycles. The molecule has 2 aromatic carbocycles. The molecule has 3 aromatic rings. The summed E-state index contributed by atoms with van der Waals surface area (Å²) in [6.45, 7) is 9.65. The number of hydrogen-bond acceptors (Lipinski definition) is 4. The first kappa shape index (κ1) is 20.1. The SMILES string of the molecule is Cc1ccc(C)c(-n2c(S[C@@H](C)C(=O)NC(C)C)nc3ccccc3c2=O)c1. The van der Waals surface area contributed by atoms with Crippen LogP contribution in [0.25, 0.3) is 16.6 Å². The lowest BCUT2D eigenvalue weighted by atomic mass is 10.1. The molecule has 1 heterocycles. The van der Waals surface area contributed by atoms with Gasteiger partial charge in [0.15, 0.2) is 5.16 Å². The van der Waals surface area contributed by atoms with Crippen LogP contribution in [0.2, 0.25) is 0 Å². The summed E-state index contributed by atoms with van der Waals surface area (Å²) in [6, 6.07) is 13.4. The van der Waals surface area contributed by atoms with Gasteiger partial charge in [0.2, 0.25) is 5.91 Å². The first-order valence-electron chi connectivity index (χ1n) is 9.34. The Labute approximate surface area is 169 Å². The van der Waals surface area contributed by atoms with E-state index in [1.165, 1.54) is 11.8 Å². The third-order valence-corrected chi connectivity index (χ3v) is 5.49. The van der Waals surface area contributed by atoms with Crippen LogP contribution >= 0.6 is 11.8 Å². The molecule has 0 radical (unpaired) electrons. The van der Waals surface area contributed by atoms with Crippen LogP contribution in [-0.4, -0.2) is 26.8 Å². The summed E-state index contributed by atoms with van der Waals surface area (Å²) in [7, 11) is 0. The zero-order valence-electron chi connectivity index (χ0n) is 16.8. The van der Waals surface area contributed by atoms with E-state index in [4.69, 9.17) is 4.98 Å². The Morgan fingerprint density at radius 3 is 2.54 bits per heavy atom. The quantitative estimate of drug-likeness (QED) is 0.524. The highest BCUT2D eigenvalue weighted by atomic mass is 32.2. The third-order valence-electron chi connectivity index (χ3n) is 4.43. The van der Waals surface area contributed by atoms with E-state index in [9.17, 15) is 9.59 Å². The van der Waals surface area contributed by atoms with Gasteiger partial charge in [-0.2, -0.15) is 0 Å². The topological polar surface area (TPSA) is 64.0 Å². The molecule has 1 amide bonds. The van der Waals surface area contributed by atoms with Gasteiger partial charge in [0.05, 0.1) is 21.8 Å². The molecule has 6 heteroatoms. The Kier molecular flexibility index (Phi) is 5.89. The van der Waals surface area contributed by atoms with Crippen molar-refractivity contribution in [3.63, 3.8) is 0 Å². The van der Waals surface area contributed by atoms with E-state index in [1.54, 1.807) is 10.6 Å². The number of aryl methyl sites for hydroxylation is 2. The fraction of sp³-hybridized carbons (Fsp3) is 0.318. The number of rotatable bonds is 5. The number of carbonyl (C=O) groups is 1. The third kappa shape index (κ3) is 4.12. The number of hydrogen-bond donors (Lipinski definition) is 1. The number of para-hydroxylation sites is 1. The van der Waals surface area contributed by atoms with Crippen LogP contribution in [0.3, 0.4) is 0 Å². The van der Waals surface area contributed by atoms with Gasteiger partial charge in [0.1, 0.15) is 0 Å². The summed E-state index contributed by atoms with van der Waals surface area (Å²) in [5.41, 5.74) is 3.33. The number of nitrogens with one attached hydrogen (secondary N) is 1. The predicted octanol–water partition coefficient (Wildman–Crippen LogP) is 4.01. The van der Waals surface area contributed by atoms with Gasteiger partial charge in [-0.1, -0.05) is 36.0 Å². The zero-order chi connectivity index (χ0) is 20.4. The molecule has 0 spiro atoms. The second-order valence-electron chi connectivity index (χ2n) is 7.27. The van der Waals surface area contributed by atoms with E-state index in [0.717, 1.165) is 16.8 Å². The highest BCUT2D eigenvalue weighted by Crippen LogP contribution is 2.27. The molecular weight excluding hydrogens is 370 g/mol. The largest absolute Gasteiger partial charge is 0.353 e. The first-order chi connectivity index (χ1) is 13.3. The molecule has 0 saturated heterocycles. The lowest BCUT2D eigenvalue weighted by Crippen LogP contribution is -2.36. The molecule has 1 aromatic heterocycles. The molecule has 0 aliphatic carbocycles. The van der Waals surface area contributed by atoms with Crippen molar-refractivity contribution >= 4 is 28.6 Å². The highest BCUT2D eigenvalue weighted by Gasteiger charge is 2.21. The predicted molar refractivity (Wildman–Crippen MR) is 115 cm³/mol. The molecule has 1 atom stereocenters. The van der Waals surface area contributed by atoms with E-state index in [1.807, 2.05) is 71.0 Å². The Morgan fingerprint density at radius 1 is 1.11 bits per heavy atom. The monoisotopic (exact) mass is 395 g/mol. The molecule has 0 fully saturated rings. The minimum absolute atomic E-state index is 0.0568. The van der Waals surface area contributed by atoms with Crippen molar-refractivity contribution in [3.05, 3.63) is 63.9 Å². The Bertz CT molecular complexity index is 1090. The summed E-state index contributed by atoms with van der Waals surface area (Å²) in [4.78, 5) is 30.5. The minimum atomic E-state index is -0.383. The number of thioether (sulfide) groups is 1. The van der Waals surface area contributed by atoms with Crippen molar-refractivity contribution in [2.24, 2.45) is 0 Å².